The molecule has 0 aliphatic carbocycles. The minimum absolute atomic E-state index is 0.00158. The summed E-state index contributed by atoms with van der Waals surface area (Å²) in [7, 11) is -1.27. The highest BCUT2D eigenvalue weighted by Gasteiger charge is 2.36. The number of carbonyl (C=O) groups is 1. The largest absolute Gasteiger partial charge is 0.368 e. The van der Waals surface area contributed by atoms with Crippen LogP contribution in [0.4, 0.5) is 5.69 Å². The molecule has 1 amide bonds. The van der Waals surface area contributed by atoms with Gasteiger partial charge in [0.2, 0.25) is 5.91 Å². The van der Waals surface area contributed by atoms with Crippen molar-refractivity contribution in [2.24, 2.45) is 0 Å². The fourth-order valence-corrected chi connectivity index (χ4v) is 5.80. The number of sulfone groups is 1. The van der Waals surface area contributed by atoms with Crippen molar-refractivity contribution in [3.8, 4) is 0 Å². The van der Waals surface area contributed by atoms with Crippen molar-refractivity contribution in [2.75, 3.05) is 49.6 Å². The molecule has 2 aliphatic heterocycles. The zero-order chi connectivity index (χ0) is 18.9. The lowest BCUT2D eigenvalue weighted by atomic mass is 10.1. The molecule has 1 aromatic carbocycles. The lowest BCUT2D eigenvalue weighted by Crippen LogP contribution is -2.55. The summed E-state index contributed by atoms with van der Waals surface area (Å²) in [5.74, 6) is 0.265. The number of carbonyl (C=O) groups excluding carboxylic acids is 1. The van der Waals surface area contributed by atoms with Crippen molar-refractivity contribution in [3.05, 3.63) is 29.3 Å². The molecule has 2 atom stereocenters. The van der Waals surface area contributed by atoms with E-state index in [1.165, 1.54) is 0 Å². The quantitative estimate of drug-likeness (QED) is 0.767. The van der Waals surface area contributed by atoms with E-state index in [9.17, 15) is 13.2 Å². The van der Waals surface area contributed by atoms with E-state index in [0.29, 0.717) is 6.42 Å². The molecule has 144 valence electrons. The number of amides is 1. The maximum atomic E-state index is 12.8. The van der Waals surface area contributed by atoms with Crippen LogP contribution in [0.3, 0.4) is 0 Å². The highest BCUT2D eigenvalue weighted by Crippen LogP contribution is 2.26. The van der Waals surface area contributed by atoms with Crippen LogP contribution in [0, 0.1) is 0 Å². The number of anilines is 1. The monoisotopic (exact) mass is 399 g/mol. The van der Waals surface area contributed by atoms with Crippen LogP contribution in [0.5, 0.6) is 0 Å². The van der Waals surface area contributed by atoms with Gasteiger partial charge in [-0.05, 0) is 25.5 Å². The summed E-state index contributed by atoms with van der Waals surface area (Å²) >= 11 is 6.28. The Hall–Kier alpha value is -1.31. The van der Waals surface area contributed by atoms with E-state index in [4.69, 9.17) is 11.6 Å². The summed E-state index contributed by atoms with van der Waals surface area (Å²) in [6, 6.07) is 7.35. The highest BCUT2D eigenvalue weighted by atomic mass is 35.5. The zero-order valence-electron chi connectivity index (χ0n) is 15.3. The van der Waals surface area contributed by atoms with Crippen molar-refractivity contribution < 1.29 is 13.2 Å². The Bertz CT molecular complexity index is 763. The van der Waals surface area contributed by atoms with Gasteiger partial charge >= 0.3 is 0 Å². The number of para-hydroxylation sites is 1. The van der Waals surface area contributed by atoms with Crippen LogP contribution in [0.25, 0.3) is 0 Å². The highest BCUT2D eigenvalue weighted by molar-refractivity contribution is 7.91. The summed E-state index contributed by atoms with van der Waals surface area (Å²) in [6.45, 7) is 5.07. The lowest BCUT2D eigenvalue weighted by molar-refractivity contribution is -0.136. The van der Waals surface area contributed by atoms with Crippen molar-refractivity contribution in [1.29, 1.82) is 0 Å². The number of hydrogen-bond donors (Lipinski definition) is 0. The van der Waals surface area contributed by atoms with Gasteiger partial charge in [0.25, 0.3) is 0 Å². The maximum absolute atomic E-state index is 12.8. The summed E-state index contributed by atoms with van der Waals surface area (Å²) in [4.78, 5) is 18.8. The number of benzene rings is 1. The van der Waals surface area contributed by atoms with Gasteiger partial charge in [0, 0.05) is 39.3 Å². The molecule has 2 heterocycles. The molecule has 2 fully saturated rings. The first kappa shape index (κ1) is 19.5. The normalized spacial score (nSPS) is 24.4. The molecule has 2 saturated heterocycles. The minimum atomic E-state index is -2.99. The van der Waals surface area contributed by atoms with E-state index < -0.39 is 9.84 Å². The molecule has 0 bridgehead atoms. The van der Waals surface area contributed by atoms with Crippen molar-refractivity contribution in [1.82, 2.24) is 9.80 Å². The Morgan fingerprint density at radius 2 is 1.88 bits per heavy atom. The molecule has 0 N–H and O–H groups in total. The van der Waals surface area contributed by atoms with E-state index in [-0.39, 0.29) is 29.5 Å². The van der Waals surface area contributed by atoms with E-state index in [1.807, 2.05) is 31.2 Å². The molecule has 0 aromatic heterocycles. The summed E-state index contributed by atoms with van der Waals surface area (Å²) in [5, 5.41) is 0.743. The molecule has 8 heteroatoms. The van der Waals surface area contributed by atoms with E-state index in [0.717, 1.165) is 36.9 Å². The summed E-state index contributed by atoms with van der Waals surface area (Å²) in [5.41, 5.74) is 1.03. The number of piperazine rings is 1. The first-order valence-corrected chi connectivity index (χ1v) is 11.2. The Labute approximate surface area is 160 Å². The van der Waals surface area contributed by atoms with Crippen LogP contribution in [-0.4, -0.2) is 80.9 Å². The van der Waals surface area contributed by atoms with Crippen LogP contribution in [0.15, 0.2) is 24.3 Å². The van der Waals surface area contributed by atoms with E-state index in [2.05, 4.69) is 9.80 Å². The van der Waals surface area contributed by atoms with Crippen LogP contribution in [0.1, 0.15) is 13.3 Å². The Kier molecular flexibility index (Phi) is 5.79. The SMILES string of the molecule is CC(C(=O)N(C)C1CCS(=O)(=O)C1)N1CCN(c2ccccc2Cl)CC1. The Balaban J connectivity index is 1.57. The van der Waals surface area contributed by atoms with Crippen molar-refractivity contribution in [2.45, 2.75) is 25.4 Å². The van der Waals surface area contributed by atoms with Gasteiger partial charge in [0.05, 0.1) is 28.3 Å². The van der Waals surface area contributed by atoms with Gasteiger partial charge in [-0.15, -0.1) is 0 Å². The number of nitrogens with zero attached hydrogens (tertiary/aromatic N) is 3. The van der Waals surface area contributed by atoms with E-state index in [1.54, 1.807) is 11.9 Å². The van der Waals surface area contributed by atoms with Crippen molar-refractivity contribution >= 4 is 33.0 Å². The van der Waals surface area contributed by atoms with Gasteiger partial charge in [-0.25, -0.2) is 8.42 Å². The van der Waals surface area contributed by atoms with Crippen LogP contribution < -0.4 is 4.90 Å². The third-order valence-corrected chi connectivity index (χ3v) is 7.59. The number of rotatable bonds is 4. The Morgan fingerprint density at radius 1 is 1.23 bits per heavy atom. The molecule has 0 radical (unpaired) electrons. The number of halogens is 1. The second-order valence-corrected chi connectivity index (χ2v) is 9.79. The van der Waals surface area contributed by atoms with Gasteiger partial charge in [-0.3, -0.25) is 9.69 Å². The van der Waals surface area contributed by atoms with Crippen LogP contribution in [0.2, 0.25) is 5.02 Å². The van der Waals surface area contributed by atoms with E-state index >= 15 is 0 Å². The van der Waals surface area contributed by atoms with Gasteiger partial charge in [0.1, 0.15) is 0 Å². The molecular weight excluding hydrogens is 374 g/mol. The molecule has 0 spiro atoms. The van der Waals surface area contributed by atoms with Gasteiger partial charge in [-0.2, -0.15) is 0 Å². The van der Waals surface area contributed by atoms with Crippen LogP contribution in [-0.2, 0) is 14.6 Å². The van der Waals surface area contributed by atoms with Gasteiger partial charge in [0.15, 0.2) is 9.84 Å². The molecule has 3 rings (SSSR count). The predicted molar refractivity (Wildman–Crippen MR) is 105 cm³/mol. The zero-order valence-corrected chi connectivity index (χ0v) is 16.8. The Morgan fingerprint density at radius 3 is 2.46 bits per heavy atom. The average molecular weight is 400 g/mol. The molecule has 0 saturated carbocycles. The van der Waals surface area contributed by atoms with Gasteiger partial charge < -0.3 is 9.80 Å². The minimum Gasteiger partial charge on any atom is -0.368 e. The molecule has 26 heavy (non-hydrogen) atoms. The first-order valence-electron chi connectivity index (χ1n) is 8.99. The topological polar surface area (TPSA) is 60.9 Å². The molecule has 6 nitrogen and oxygen atoms in total. The maximum Gasteiger partial charge on any atom is 0.239 e. The molecule has 2 unspecified atom stereocenters. The molecule has 1 aromatic rings. The third kappa shape index (κ3) is 4.15. The predicted octanol–water partition coefficient (Wildman–Crippen LogP) is 1.50. The molecule has 2 aliphatic rings. The second kappa shape index (κ2) is 7.74. The van der Waals surface area contributed by atoms with Crippen molar-refractivity contribution in [3.63, 3.8) is 0 Å². The third-order valence-electron chi connectivity index (χ3n) is 5.52. The number of likely N-dealkylation sites (N-methyl/N-ethyl adjacent to an activating group) is 1. The summed E-state index contributed by atoms with van der Waals surface area (Å²) < 4.78 is 23.3. The average Bonchev–Trinajstić information content (AvgIpc) is 3.00. The second-order valence-electron chi connectivity index (χ2n) is 7.16. The fourth-order valence-electron chi connectivity index (χ4n) is 3.77. The number of hydrogen-bond acceptors (Lipinski definition) is 5. The summed E-state index contributed by atoms with van der Waals surface area (Å²) in [6.07, 6.45) is 0.539. The lowest BCUT2D eigenvalue weighted by Gasteiger charge is -2.40. The first-order chi connectivity index (χ1) is 12.3. The standard InChI is InChI=1S/C18H26ClN3O3S/c1-14(18(23)20(2)15-7-12-26(24,25)13-15)21-8-10-22(11-9-21)17-6-4-3-5-16(17)19/h3-6,14-15H,7-13H2,1-2H3. The van der Waals surface area contributed by atoms with Gasteiger partial charge in [-0.1, -0.05) is 23.7 Å². The molecular formula is C18H26ClN3O3S. The smallest absolute Gasteiger partial charge is 0.239 e. The fraction of sp³-hybridized carbons (Fsp3) is 0.611. The van der Waals surface area contributed by atoms with Crippen LogP contribution >= 0.6 is 11.6 Å².